The van der Waals surface area contributed by atoms with Crippen LogP contribution in [0.1, 0.15) is 5.89 Å². The van der Waals surface area contributed by atoms with Gasteiger partial charge in [0.15, 0.2) is 26.3 Å². The molecule has 0 spiro atoms. The lowest BCUT2D eigenvalue weighted by Crippen LogP contribution is -2.09. The van der Waals surface area contributed by atoms with Crippen LogP contribution in [0.2, 0.25) is 0 Å². The van der Waals surface area contributed by atoms with E-state index < -0.39 is 0 Å². The first-order valence-electron chi connectivity index (χ1n) is 9.97. The summed E-state index contributed by atoms with van der Waals surface area (Å²) in [7, 11) is 3.12. The molecule has 12 heteroatoms. The topological polar surface area (TPSA) is 108 Å². The maximum atomic E-state index is 12.7. The molecule has 0 aliphatic heterocycles. The summed E-state index contributed by atoms with van der Waals surface area (Å²) in [5, 5.41) is 4.49. The van der Waals surface area contributed by atoms with Crippen LogP contribution in [0.4, 0.5) is 0 Å². The molecule has 34 heavy (non-hydrogen) atoms. The van der Waals surface area contributed by atoms with Crippen LogP contribution in [0.5, 0.6) is 11.5 Å². The molecule has 9 nitrogen and oxygen atoms in total. The van der Waals surface area contributed by atoms with Crippen molar-refractivity contribution < 1.29 is 14.0 Å². The molecule has 0 aliphatic rings. The summed E-state index contributed by atoms with van der Waals surface area (Å²) in [5.41, 5.74) is 1.77. The lowest BCUT2D eigenvalue weighted by atomic mass is 10.2. The summed E-state index contributed by atoms with van der Waals surface area (Å²) in [4.78, 5) is 24.6. The van der Waals surface area contributed by atoms with E-state index in [0.29, 0.717) is 54.0 Å². The van der Waals surface area contributed by atoms with Gasteiger partial charge in [0.05, 0.1) is 25.5 Å². The minimum Gasteiger partial charge on any atom is -0.493 e. The van der Waals surface area contributed by atoms with E-state index in [4.69, 9.17) is 26.2 Å². The number of nitrogens with one attached hydrogen (secondary N) is 1. The van der Waals surface area contributed by atoms with E-state index in [1.807, 2.05) is 42.5 Å². The Kier molecular flexibility index (Phi) is 6.18. The van der Waals surface area contributed by atoms with Crippen molar-refractivity contribution >= 4 is 45.7 Å². The van der Waals surface area contributed by atoms with Crippen LogP contribution < -0.4 is 15.0 Å². The molecule has 172 valence electrons. The second kappa shape index (κ2) is 9.41. The maximum Gasteiger partial charge on any atom is 0.271 e. The number of thiazole rings is 1. The van der Waals surface area contributed by atoms with E-state index in [1.165, 1.54) is 23.1 Å². The molecule has 0 bridgehead atoms. The molecule has 0 amide bonds. The SMILES string of the molecule is COc1cccc(-c2noc(CSc3nc4c(sc(=S)n4-c4ccccc4)c(=O)[nH]3)n2)c1OC. The van der Waals surface area contributed by atoms with E-state index in [2.05, 4.69) is 20.1 Å². The van der Waals surface area contributed by atoms with Crippen molar-refractivity contribution in [2.45, 2.75) is 10.9 Å². The van der Waals surface area contributed by atoms with Crippen molar-refractivity contribution in [1.29, 1.82) is 0 Å². The standard InChI is InChI=1S/C22H17N5O4S3/c1-29-14-10-6-9-13(16(14)30-2)18-23-15(31-26-18)11-33-21-24-19-17(20(28)25-21)34-22(32)27(19)12-7-4-3-5-8-12/h3-10H,11H2,1-2H3,(H,24,25,28). The lowest BCUT2D eigenvalue weighted by Gasteiger charge is -2.09. The van der Waals surface area contributed by atoms with E-state index in [-0.39, 0.29) is 5.56 Å². The molecule has 2 aromatic carbocycles. The number of thioether (sulfide) groups is 1. The van der Waals surface area contributed by atoms with Crippen LogP contribution in [0.3, 0.4) is 0 Å². The largest absolute Gasteiger partial charge is 0.493 e. The zero-order valence-electron chi connectivity index (χ0n) is 18.0. The fourth-order valence-electron chi connectivity index (χ4n) is 3.38. The molecule has 0 radical (unpaired) electrons. The van der Waals surface area contributed by atoms with Gasteiger partial charge in [0, 0.05) is 5.69 Å². The van der Waals surface area contributed by atoms with Gasteiger partial charge in [-0.05, 0) is 36.5 Å². The Bertz CT molecular complexity index is 1590. The van der Waals surface area contributed by atoms with Gasteiger partial charge in [-0.2, -0.15) is 4.98 Å². The zero-order valence-corrected chi connectivity index (χ0v) is 20.4. The highest BCUT2D eigenvalue weighted by Gasteiger charge is 2.18. The molecule has 0 fully saturated rings. The predicted octanol–water partition coefficient (Wildman–Crippen LogP) is 4.86. The van der Waals surface area contributed by atoms with Crippen molar-refractivity contribution in [2.24, 2.45) is 0 Å². The van der Waals surface area contributed by atoms with Gasteiger partial charge in [-0.1, -0.05) is 52.5 Å². The fourth-order valence-corrected chi connectivity index (χ4v) is 5.35. The second-order valence-electron chi connectivity index (χ2n) is 6.90. The number of aromatic nitrogens is 5. The number of ether oxygens (including phenoxy) is 2. The number of H-pyrrole nitrogens is 1. The highest BCUT2D eigenvalue weighted by atomic mass is 32.2. The van der Waals surface area contributed by atoms with Crippen molar-refractivity contribution in [3.63, 3.8) is 0 Å². The number of fused-ring (bicyclic) bond motifs is 1. The Morgan fingerprint density at radius 3 is 2.71 bits per heavy atom. The van der Waals surface area contributed by atoms with Crippen molar-refractivity contribution in [3.8, 4) is 28.6 Å². The predicted molar refractivity (Wildman–Crippen MR) is 133 cm³/mol. The molecular formula is C22H17N5O4S3. The lowest BCUT2D eigenvalue weighted by molar-refractivity contribution is 0.355. The highest BCUT2D eigenvalue weighted by molar-refractivity contribution is 7.98. The second-order valence-corrected chi connectivity index (χ2v) is 9.51. The third-order valence-corrected chi connectivity index (χ3v) is 7.10. The summed E-state index contributed by atoms with van der Waals surface area (Å²) in [5.74, 6) is 2.14. The molecule has 3 aromatic heterocycles. The van der Waals surface area contributed by atoms with E-state index >= 15 is 0 Å². The van der Waals surface area contributed by atoms with Gasteiger partial charge >= 0.3 is 0 Å². The monoisotopic (exact) mass is 511 g/mol. The molecule has 5 rings (SSSR count). The zero-order chi connectivity index (χ0) is 23.7. The fraction of sp³-hybridized carbons (Fsp3) is 0.136. The van der Waals surface area contributed by atoms with Gasteiger partial charge in [0.1, 0.15) is 4.70 Å². The Hall–Kier alpha value is -3.48. The molecule has 0 saturated heterocycles. The van der Waals surface area contributed by atoms with Gasteiger partial charge in [0.25, 0.3) is 5.56 Å². The quantitative estimate of drug-likeness (QED) is 0.186. The van der Waals surface area contributed by atoms with Crippen molar-refractivity contribution in [1.82, 2.24) is 24.7 Å². The molecule has 5 aromatic rings. The van der Waals surface area contributed by atoms with Crippen molar-refractivity contribution in [3.05, 3.63) is 68.7 Å². The molecule has 1 N–H and O–H groups in total. The van der Waals surface area contributed by atoms with E-state index in [1.54, 1.807) is 24.9 Å². The normalized spacial score (nSPS) is 11.1. The Morgan fingerprint density at radius 2 is 1.94 bits per heavy atom. The number of hydrogen-bond acceptors (Lipinski definition) is 10. The van der Waals surface area contributed by atoms with Crippen LogP contribution >= 0.6 is 35.3 Å². The molecule has 0 unspecified atom stereocenters. The third-order valence-electron chi connectivity index (χ3n) is 4.88. The molecule has 0 aliphatic carbocycles. The number of para-hydroxylation sites is 2. The minimum atomic E-state index is -0.245. The molecule has 0 saturated carbocycles. The van der Waals surface area contributed by atoms with Gasteiger partial charge in [-0.25, -0.2) is 4.98 Å². The first-order valence-corrected chi connectivity index (χ1v) is 12.2. The Morgan fingerprint density at radius 1 is 1.12 bits per heavy atom. The van der Waals surface area contributed by atoms with Gasteiger partial charge < -0.3 is 19.0 Å². The number of hydrogen-bond donors (Lipinski definition) is 1. The van der Waals surface area contributed by atoms with Gasteiger partial charge in [-0.3, -0.25) is 9.36 Å². The van der Waals surface area contributed by atoms with Crippen LogP contribution in [0.25, 0.3) is 27.4 Å². The van der Waals surface area contributed by atoms with Crippen LogP contribution in [0, 0.1) is 3.95 Å². The average molecular weight is 512 g/mol. The minimum absolute atomic E-state index is 0.245. The summed E-state index contributed by atoms with van der Waals surface area (Å²) in [6, 6.07) is 15.0. The average Bonchev–Trinajstić information content (AvgIpc) is 3.47. The first-order chi connectivity index (χ1) is 16.6. The maximum absolute atomic E-state index is 12.7. The van der Waals surface area contributed by atoms with Crippen LogP contribution in [0.15, 0.2) is 63.0 Å². The van der Waals surface area contributed by atoms with Gasteiger partial charge in [0.2, 0.25) is 11.7 Å². The summed E-state index contributed by atoms with van der Waals surface area (Å²) in [6.45, 7) is 0. The smallest absolute Gasteiger partial charge is 0.271 e. The Labute approximate surface area is 206 Å². The molecule has 0 atom stereocenters. The van der Waals surface area contributed by atoms with E-state index in [9.17, 15) is 4.79 Å². The number of benzene rings is 2. The number of aromatic amines is 1. The van der Waals surface area contributed by atoms with E-state index in [0.717, 1.165) is 5.69 Å². The summed E-state index contributed by atoms with van der Waals surface area (Å²) < 4.78 is 19.0. The molecule has 3 heterocycles. The number of methoxy groups -OCH3 is 2. The summed E-state index contributed by atoms with van der Waals surface area (Å²) in [6.07, 6.45) is 0. The van der Waals surface area contributed by atoms with Crippen molar-refractivity contribution in [2.75, 3.05) is 14.2 Å². The molecular weight excluding hydrogens is 494 g/mol. The van der Waals surface area contributed by atoms with Crippen LogP contribution in [-0.4, -0.2) is 38.9 Å². The highest BCUT2D eigenvalue weighted by Crippen LogP contribution is 2.36. The number of nitrogens with zero attached hydrogens (tertiary/aromatic N) is 4. The van der Waals surface area contributed by atoms with Crippen LogP contribution in [-0.2, 0) is 5.75 Å². The summed E-state index contributed by atoms with van der Waals surface area (Å²) >= 11 is 8.01. The number of rotatable bonds is 7. The third kappa shape index (κ3) is 4.11. The first kappa shape index (κ1) is 22.3. The van der Waals surface area contributed by atoms with Gasteiger partial charge in [-0.15, -0.1) is 0 Å². The Balaban J connectivity index is 1.43.